The van der Waals surface area contributed by atoms with Crippen LogP contribution in [-0.4, -0.2) is 29.4 Å². The van der Waals surface area contributed by atoms with Crippen molar-refractivity contribution in [3.05, 3.63) is 35.9 Å². The van der Waals surface area contributed by atoms with Crippen molar-refractivity contribution in [2.75, 3.05) is 13.1 Å². The summed E-state index contributed by atoms with van der Waals surface area (Å²) in [7, 11) is 0. The summed E-state index contributed by atoms with van der Waals surface area (Å²) in [5, 5.41) is 3.33. The van der Waals surface area contributed by atoms with E-state index in [1.165, 1.54) is 12.0 Å². The summed E-state index contributed by atoms with van der Waals surface area (Å²) in [6, 6.07) is 10.6. The molecule has 1 aromatic rings. The molecule has 1 N–H and O–H groups in total. The van der Waals surface area contributed by atoms with Gasteiger partial charge in [0.05, 0.1) is 5.54 Å². The van der Waals surface area contributed by atoms with E-state index in [0.29, 0.717) is 17.7 Å². The van der Waals surface area contributed by atoms with Crippen molar-refractivity contribution < 1.29 is 4.79 Å². The van der Waals surface area contributed by atoms with Gasteiger partial charge in [-0.2, -0.15) is 0 Å². The first-order valence-electron chi connectivity index (χ1n) is 7.33. The molecule has 2 saturated carbocycles. The highest BCUT2D eigenvalue weighted by atomic mass is 16.2. The van der Waals surface area contributed by atoms with E-state index in [4.69, 9.17) is 0 Å². The second kappa shape index (κ2) is 4.07. The van der Waals surface area contributed by atoms with Crippen molar-refractivity contribution in [1.82, 2.24) is 10.2 Å². The molecule has 1 amide bonds. The van der Waals surface area contributed by atoms with E-state index in [2.05, 4.69) is 40.5 Å². The number of nitrogens with one attached hydrogen (secondary N) is 1. The highest BCUT2D eigenvalue weighted by molar-refractivity contribution is 5.82. The third-order valence-electron chi connectivity index (χ3n) is 4.79. The minimum atomic E-state index is 0.133. The number of carbonyl (C=O) groups is 1. The van der Waals surface area contributed by atoms with Gasteiger partial charge >= 0.3 is 0 Å². The molecule has 3 fully saturated rings. The molecule has 0 bridgehead atoms. The standard InChI is InChI=1S/C16H20N2O/c19-15(13-6-7-13)17-16-8-14(16)10-18(11-16)9-12-4-2-1-3-5-12/h1-5,13-14H,6-11H2,(H,17,19)/t14-,16+/m0/s1. The van der Waals surface area contributed by atoms with Gasteiger partial charge in [0.2, 0.25) is 5.91 Å². The predicted molar refractivity (Wildman–Crippen MR) is 73.4 cm³/mol. The summed E-state index contributed by atoms with van der Waals surface area (Å²) < 4.78 is 0. The number of fused-ring (bicyclic) bond motifs is 1. The Morgan fingerprint density at radius 3 is 2.84 bits per heavy atom. The smallest absolute Gasteiger partial charge is 0.223 e. The molecule has 4 rings (SSSR count). The van der Waals surface area contributed by atoms with Gasteiger partial charge in [-0.25, -0.2) is 0 Å². The molecule has 1 saturated heterocycles. The highest BCUT2D eigenvalue weighted by Crippen LogP contribution is 2.50. The Morgan fingerprint density at radius 2 is 2.11 bits per heavy atom. The number of amides is 1. The zero-order valence-electron chi connectivity index (χ0n) is 11.1. The third-order valence-corrected chi connectivity index (χ3v) is 4.79. The maximum absolute atomic E-state index is 11.9. The topological polar surface area (TPSA) is 32.3 Å². The molecule has 1 heterocycles. The third kappa shape index (κ3) is 2.16. The van der Waals surface area contributed by atoms with Gasteiger partial charge in [0.1, 0.15) is 0 Å². The molecule has 0 aromatic heterocycles. The second-order valence-electron chi connectivity index (χ2n) is 6.48. The lowest BCUT2D eigenvalue weighted by atomic mass is 10.2. The average molecular weight is 256 g/mol. The molecule has 19 heavy (non-hydrogen) atoms. The lowest BCUT2D eigenvalue weighted by Crippen LogP contribution is -2.42. The zero-order chi connectivity index (χ0) is 12.9. The monoisotopic (exact) mass is 256 g/mol. The zero-order valence-corrected chi connectivity index (χ0v) is 11.1. The summed E-state index contributed by atoms with van der Waals surface area (Å²) in [6.07, 6.45) is 3.39. The van der Waals surface area contributed by atoms with Crippen molar-refractivity contribution in [3.63, 3.8) is 0 Å². The molecule has 1 aliphatic heterocycles. The summed E-state index contributed by atoms with van der Waals surface area (Å²) >= 11 is 0. The Morgan fingerprint density at radius 1 is 1.32 bits per heavy atom. The van der Waals surface area contributed by atoms with Crippen LogP contribution in [0.5, 0.6) is 0 Å². The largest absolute Gasteiger partial charge is 0.349 e. The number of hydrogen-bond donors (Lipinski definition) is 1. The van der Waals surface area contributed by atoms with E-state index in [1.54, 1.807) is 0 Å². The van der Waals surface area contributed by atoms with Crippen molar-refractivity contribution in [1.29, 1.82) is 0 Å². The summed E-state index contributed by atoms with van der Waals surface area (Å²) in [4.78, 5) is 14.4. The first-order valence-corrected chi connectivity index (χ1v) is 7.33. The molecule has 0 radical (unpaired) electrons. The molecule has 2 atom stereocenters. The first kappa shape index (κ1) is 11.5. The number of rotatable bonds is 4. The van der Waals surface area contributed by atoms with Crippen LogP contribution in [0, 0.1) is 11.8 Å². The molecule has 100 valence electrons. The van der Waals surface area contributed by atoms with E-state index in [-0.39, 0.29) is 5.54 Å². The summed E-state index contributed by atoms with van der Waals surface area (Å²) in [5.41, 5.74) is 1.50. The number of piperidine rings is 1. The van der Waals surface area contributed by atoms with Gasteiger partial charge in [-0.3, -0.25) is 9.69 Å². The van der Waals surface area contributed by atoms with Crippen LogP contribution in [0.1, 0.15) is 24.8 Å². The Bertz CT molecular complexity index is 497. The SMILES string of the molecule is O=C(N[C@@]12C[C@H]1CN(Cc1ccccc1)C2)C1CC1. The van der Waals surface area contributed by atoms with Crippen molar-refractivity contribution in [2.24, 2.45) is 11.8 Å². The van der Waals surface area contributed by atoms with Crippen molar-refractivity contribution >= 4 is 5.91 Å². The Hall–Kier alpha value is -1.35. The van der Waals surface area contributed by atoms with Crippen LogP contribution in [0.25, 0.3) is 0 Å². The molecule has 1 aromatic carbocycles. The summed E-state index contributed by atoms with van der Waals surface area (Å²) in [5.74, 6) is 1.33. The van der Waals surface area contributed by atoms with Gasteiger partial charge < -0.3 is 5.32 Å². The first-order chi connectivity index (χ1) is 9.25. The fourth-order valence-corrected chi connectivity index (χ4v) is 3.44. The molecule has 0 spiro atoms. The van der Waals surface area contributed by atoms with Crippen molar-refractivity contribution in [2.45, 2.75) is 31.3 Å². The number of benzene rings is 1. The van der Waals surface area contributed by atoms with Gasteiger partial charge in [0.25, 0.3) is 0 Å². The van der Waals surface area contributed by atoms with Crippen LogP contribution < -0.4 is 5.32 Å². The fraction of sp³-hybridized carbons (Fsp3) is 0.562. The number of carbonyl (C=O) groups excluding carboxylic acids is 1. The minimum Gasteiger partial charge on any atom is -0.349 e. The van der Waals surface area contributed by atoms with Crippen molar-refractivity contribution in [3.8, 4) is 0 Å². The molecular formula is C16H20N2O. The van der Waals surface area contributed by atoms with E-state index >= 15 is 0 Å². The lowest BCUT2D eigenvalue weighted by molar-refractivity contribution is -0.123. The van der Waals surface area contributed by atoms with E-state index in [0.717, 1.165) is 32.5 Å². The predicted octanol–water partition coefficient (Wildman–Crippen LogP) is 1.79. The second-order valence-corrected chi connectivity index (χ2v) is 6.48. The molecule has 3 heteroatoms. The van der Waals surface area contributed by atoms with Gasteiger partial charge in [0, 0.05) is 25.6 Å². The normalized spacial score (nSPS) is 32.9. The van der Waals surface area contributed by atoms with Gasteiger partial charge in [-0.1, -0.05) is 30.3 Å². The van der Waals surface area contributed by atoms with Gasteiger partial charge in [-0.15, -0.1) is 0 Å². The Labute approximate surface area is 114 Å². The molecule has 3 nitrogen and oxygen atoms in total. The Balaban J connectivity index is 1.37. The molecule has 0 unspecified atom stereocenters. The maximum atomic E-state index is 11.9. The maximum Gasteiger partial charge on any atom is 0.223 e. The van der Waals surface area contributed by atoms with Crippen LogP contribution in [0.15, 0.2) is 30.3 Å². The highest BCUT2D eigenvalue weighted by Gasteiger charge is 2.61. The van der Waals surface area contributed by atoms with Crippen LogP contribution in [0.4, 0.5) is 0 Å². The molecule has 3 aliphatic rings. The Kier molecular flexibility index (Phi) is 2.46. The number of likely N-dealkylation sites (tertiary alicyclic amines) is 1. The fourth-order valence-electron chi connectivity index (χ4n) is 3.44. The van der Waals surface area contributed by atoms with Gasteiger partial charge in [-0.05, 0) is 30.7 Å². The average Bonchev–Trinajstić information content (AvgIpc) is 3.30. The van der Waals surface area contributed by atoms with Crippen LogP contribution in [0.3, 0.4) is 0 Å². The molecular weight excluding hydrogens is 236 g/mol. The quantitative estimate of drug-likeness (QED) is 0.890. The van der Waals surface area contributed by atoms with Crippen LogP contribution in [0.2, 0.25) is 0 Å². The summed E-state index contributed by atoms with van der Waals surface area (Å²) in [6.45, 7) is 3.18. The number of nitrogens with zero attached hydrogens (tertiary/aromatic N) is 1. The molecule has 2 aliphatic carbocycles. The van der Waals surface area contributed by atoms with Gasteiger partial charge in [0.15, 0.2) is 0 Å². The minimum absolute atomic E-state index is 0.133. The van der Waals surface area contributed by atoms with E-state index in [1.807, 2.05) is 0 Å². The van der Waals surface area contributed by atoms with Crippen LogP contribution >= 0.6 is 0 Å². The number of hydrogen-bond acceptors (Lipinski definition) is 2. The lowest BCUT2D eigenvalue weighted by Gasteiger charge is -2.21. The van der Waals surface area contributed by atoms with Crippen LogP contribution in [-0.2, 0) is 11.3 Å². The van der Waals surface area contributed by atoms with E-state index in [9.17, 15) is 4.79 Å². The van der Waals surface area contributed by atoms with E-state index < -0.39 is 0 Å².